The van der Waals surface area contributed by atoms with Gasteiger partial charge in [0.05, 0.1) is 6.04 Å². The number of hydrogen-bond acceptors (Lipinski definition) is 3. The Morgan fingerprint density at radius 3 is 2.24 bits per heavy atom. The second kappa shape index (κ2) is 10.8. The zero-order chi connectivity index (χ0) is 15.0. The molecule has 0 aliphatic carbocycles. The van der Waals surface area contributed by atoms with Gasteiger partial charge in [-0.15, -0.1) is 24.0 Å². The lowest BCUT2D eigenvalue weighted by atomic mass is 9.97. The first kappa shape index (κ1) is 20.1. The van der Waals surface area contributed by atoms with Crippen molar-refractivity contribution in [3.8, 4) is 0 Å². The molecule has 1 aromatic rings. The minimum Gasteiger partial charge on any atom is -0.457 e. The Morgan fingerprint density at radius 1 is 1.24 bits per heavy atom. The van der Waals surface area contributed by atoms with E-state index in [1.54, 1.807) is 0 Å². The quantitative estimate of drug-likeness (QED) is 0.370. The van der Waals surface area contributed by atoms with Crippen LogP contribution in [-0.4, -0.2) is 30.1 Å². The molecule has 2 atom stereocenters. The highest BCUT2D eigenvalue weighted by Crippen LogP contribution is 2.28. The fourth-order valence-corrected chi connectivity index (χ4v) is 2.50. The van der Waals surface area contributed by atoms with Gasteiger partial charge in [-0.25, -0.2) is 4.79 Å². The molecule has 0 heterocycles. The molecule has 118 valence electrons. The Labute approximate surface area is 145 Å². The van der Waals surface area contributed by atoms with Gasteiger partial charge in [0.15, 0.2) is 0 Å². The number of esters is 1. The van der Waals surface area contributed by atoms with E-state index in [0.717, 1.165) is 19.5 Å². The molecule has 0 radical (unpaired) electrons. The summed E-state index contributed by atoms with van der Waals surface area (Å²) in [6.45, 7) is 11.6. The van der Waals surface area contributed by atoms with E-state index >= 15 is 0 Å². The van der Waals surface area contributed by atoms with Crippen LogP contribution >= 0.6 is 24.0 Å². The summed E-state index contributed by atoms with van der Waals surface area (Å²) in [6.07, 6.45) is 1.84. The van der Waals surface area contributed by atoms with Crippen LogP contribution < -0.4 is 0 Å². The van der Waals surface area contributed by atoms with Crippen molar-refractivity contribution in [1.29, 1.82) is 0 Å². The first-order valence-corrected chi connectivity index (χ1v) is 7.29. The van der Waals surface area contributed by atoms with Gasteiger partial charge in [-0.1, -0.05) is 57.7 Å². The van der Waals surface area contributed by atoms with E-state index in [1.165, 1.54) is 11.6 Å². The molecule has 0 aromatic heterocycles. The fourth-order valence-electron chi connectivity index (χ4n) is 2.50. The Kier molecular flexibility index (Phi) is 10.3. The van der Waals surface area contributed by atoms with Crippen molar-refractivity contribution in [1.82, 2.24) is 4.90 Å². The average Bonchev–Trinajstić information content (AvgIpc) is 2.51. The summed E-state index contributed by atoms with van der Waals surface area (Å²) < 4.78 is 5.55. The van der Waals surface area contributed by atoms with Gasteiger partial charge in [-0.3, -0.25) is 4.90 Å². The molecule has 21 heavy (non-hydrogen) atoms. The van der Waals surface area contributed by atoms with Crippen LogP contribution in [0.15, 0.2) is 43.0 Å². The number of halogens is 1. The summed E-state index contributed by atoms with van der Waals surface area (Å²) >= 11 is 0. The molecule has 0 fully saturated rings. The summed E-state index contributed by atoms with van der Waals surface area (Å²) in [5.41, 5.74) is 1.18. The standard InChI is InChI=1S/C17H25NO2.HI/c1-5-15(20-16(19)6-2)17(18(7-3)8-4)14-12-10-9-11-13-14;/h6,9-13,15,17H,2,5,7-8H2,1,3-4H3;1H. The molecule has 3 nitrogen and oxygen atoms in total. The Balaban J connectivity index is 0.00000400. The topological polar surface area (TPSA) is 29.5 Å². The second-order valence-electron chi connectivity index (χ2n) is 4.66. The maximum absolute atomic E-state index is 11.6. The van der Waals surface area contributed by atoms with Crippen LogP contribution in [0.4, 0.5) is 0 Å². The molecule has 2 unspecified atom stereocenters. The van der Waals surface area contributed by atoms with Gasteiger partial charge >= 0.3 is 5.97 Å². The van der Waals surface area contributed by atoms with Crippen LogP contribution in [0.25, 0.3) is 0 Å². The molecule has 0 N–H and O–H groups in total. The average molecular weight is 403 g/mol. The number of ether oxygens (including phenoxy) is 1. The second-order valence-corrected chi connectivity index (χ2v) is 4.66. The molecule has 0 aliphatic rings. The summed E-state index contributed by atoms with van der Waals surface area (Å²) in [7, 11) is 0. The lowest BCUT2D eigenvalue weighted by molar-refractivity contribution is -0.147. The molecule has 0 saturated carbocycles. The van der Waals surface area contributed by atoms with Crippen molar-refractivity contribution in [2.24, 2.45) is 0 Å². The van der Waals surface area contributed by atoms with Gasteiger partial charge in [-0.05, 0) is 25.1 Å². The predicted octanol–water partition coefficient (Wildman–Crippen LogP) is 4.20. The van der Waals surface area contributed by atoms with E-state index in [0.29, 0.717) is 0 Å². The van der Waals surface area contributed by atoms with Crippen LogP contribution in [0.5, 0.6) is 0 Å². The molecule has 0 aliphatic heterocycles. The third kappa shape index (κ3) is 5.79. The lowest BCUT2D eigenvalue weighted by Crippen LogP contribution is -2.38. The van der Waals surface area contributed by atoms with Crippen LogP contribution in [0.2, 0.25) is 0 Å². The zero-order valence-corrected chi connectivity index (χ0v) is 15.4. The minimum atomic E-state index is -0.357. The third-order valence-corrected chi connectivity index (χ3v) is 3.54. The van der Waals surface area contributed by atoms with Gasteiger partial charge in [0.25, 0.3) is 0 Å². The van der Waals surface area contributed by atoms with E-state index in [1.807, 2.05) is 25.1 Å². The minimum absolute atomic E-state index is 0. The number of hydrogen-bond donors (Lipinski definition) is 0. The van der Waals surface area contributed by atoms with Crippen LogP contribution in [0, 0.1) is 0 Å². The van der Waals surface area contributed by atoms with Gasteiger partial charge in [0, 0.05) is 6.08 Å². The number of rotatable bonds is 8. The monoisotopic (exact) mass is 403 g/mol. The molecule has 0 bridgehead atoms. The maximum atomic E-state index is 11.6. The Hall–Kier alpha value is -0.880. The van der Waals surface area contributed by atoms with Gasteiger partial charge in [0.1, 0.15) is 6.10 Å². The third-order valence-electron chi connectivity index (χ3n) is 3.54. The molecule has 4 heteroatoms. The molecule has 0 spiro atoms. The smallest absolute Gasteiger partial charge is 0.330 e. The summed E-state index contributed by atoms with van der Waals surface area (Å²) in [6, 6.07) is 10.3. The highest BCUT2D eigenvalue weighted by molar-refractivity contribution is 14.0. The summed E-state index contributed by atoms with van der Waals surface area (Å²) in [5, 5.41) is 0. The van der Waals surface area contributed by atoms with E-state index in [4.69, 9.17) is 4.74 Å². The lowest BCUT2D eigenvalue weighted by Gasteiger charge is -2.35. The Bertz CT molecular complexity index is 418. The fraction of sp³-hybridized carbons (Fsp3) is 0.471. The molecular weight excluding hydrogens is 377 g/mol. The van der Waals surface area contributed by atoms with E-state index in [2.05, 4.69) is 37.5 Å². The van der Waals surface area contributed by atoms with Crippen molar-refractivity contribution in [3.05, 3.63) is 48.6 Å². The van der Waals surface area contributed by atoms with Crippen LogP contribution in [0.1, 0.15) is 38.8 Å². The summed E-state index contributed by atoms with van der Waals surface area (Å²) in [4.78, 5) is 13.9. The van der Waals surface area contributed by atoms with Crippen molar-refractivity contribution < 1.29 is 9.53 Å². The number of likely N-dealkylation sites (N-methyl/N-ethyl adjacent to an activating group) is 1. The van der Waals surface area contributed by atoms with Crippen LogP contribution in [-0.2, 0) is 9.53 Å². The zero-order valence-electron chi connectivity index (χ0n) is 13.1. The molecule has 1 aromatic carbocycles. The highest BCUT2D eigenvalue weighted by Gasteiger charge is 2.28. The molecule has 0 saturated heterocycles. The first-order chi connectivity index (χ1) is 9.67. The normalized spacial score (nSPS) is 13.1. The van der Waals surface area contributed by atoms with E-state index in [-0.39, 0.29) is 42.1 Å². The van der Waals surface area contributed by atoms with Crippen molar-refractivity contribution >= 4 is 29.9 Å². The van der Waals surface area contributed by atoms with Crippen molar-refractivity contribution in [3.63, 3.8) is 0 Å². The van der Waals surface area contributed by atoms with Gasteiger partial charge < -0.3 is 4.74 Å². The number of carbonyl (C=O) groups excluding carboxylic acids is 1. The van der Waals surface area contributed by atoms with E-state index < -0.39 is 0 Å². The maximum Gasteiger partial charge on any atom is 0.330 e. The Morgan fingerprint density at radius 2 is 1.81 bits per heavy atom. The number of nitrogens with zero attached hydrogens (tertiary/aromatic N) is 1. The number of carbonyl (C=O) groups is 1. The number of benzene rings is 1. The SMILES string of the molecule is C=CC(=O)OC(CC)C(c1ccccc1)N(CC)CC.I. The summed E-state index contributed by atoms with van der Waals surface area (Å²) in [5.74, 6) is -0.357. The highest BCUT2D eigenvalue weighted by atomic mass is 127. The van der Waals surface area contributed by atoms with Gasteiger partial charge in [0.2, 0.25) is 0 Å². The molecule has 0 amide bonds. The molecule has 1 rings (SSSR count). The largest absolute Gasteiger partial charge is 0.457 e. The van der Waals surface area contributed by atoms with Gasteiger partial charge in [-0.2, -0.15) is 0 Å². The van der Waals surface area contributed by atoms with E-state index in [9.17, 15) is 4.79 Å². The molecular formula is C17H26INO2. The van der Waals surface area contributed by atoms with Crippen molar-refractivity contribution in [2.45, 2.75) is 39.3 Å². The van der Waals surface area contributed by atoms with Crippen molar-refractivity contribution in [2.75, 3.05) is 13.1 Å². The van der Waals surface area contributed by atoms with Crippen LogP contribution in [0.3, 0.4) is 0 Å². The predicted molar refractivity (Wildman–Crippen MR) is 97.9 cm³/mol. The first-order valence-electron chi connectivity index (χ1n) is 7.29.